The second-order valence-corrected chi connectivity index (χ2v) is 10.6. The minimum atomic E-state index is -0.583. The van der Waals surface area contributed by atoms with Crippen molar-refractivity contribution >= 4 is 39.5 Å². The zero-order valence-corrected chi connectivity index (χ0v) is 21.5. The zero-order valence-electron chi connectivity index (χ0n) is 19.9. The molecule has 0 unspecified atom stereocenters. The van der Waals surface area contributed by atoms with E-state index in [1.807, 2.05) is 12.1 Å². The van der Waals surface area contributed by atoms with E-state index in [4.69, 9.17) is 0 Å². The summed E-state index contributed by atoms with van der Waals surface area (Å²) in [7, 11) is 3.50. The Morgan fingerprint density at radius 2 is 1.89 bits per heavy atom. The minimum Gasteiger partial charge on any atom is -0.302 e. The van der Waals surface area contributed by atoms with E-state index < -0.39 is 23.5 Å². The first-order chi connectivity index (χ1) is 17.2. The summed E-state index contributed by atoms with van der Waals surface area (Å²) in [5.74, 6) is -2.56. The molecule has 2 aromatic heterocycles. The van der Waals surface area contributed by atoms with Gasteiger partial charge in [0, 0.05) is 21.6 Å². The van der Waals surface area contributed by atoms with Gasteiger partial charge < -0.3 is 10.2 Å². The molecule has 36 heavy (non-hydrogen) atoms. The van der Waals surface area contributed by atoms with E-state index in [1.54, 1.807) is 44.1 Å². The maximum atomic E-state index is 14.8. The van der Waals surface area contributed by atoms with E-state index in [9.17, 15) is 18.4 Å². The Hall–Kier alpha value is -3.34. The number of halogens is 2. The number of Topliss-reactive ketones (excluding diaryl/α,β-unsaturated/α-hetero) is 1. The van der Waals surface area contributed by atoms with Crippen LogP contribution >= 0.6 is 22.7 Å². The molecule has 4 rings (SSSR count). The first kappa shape index (κ1) is 25.7. The van der Waals surface area contributed by atoms with E-state index >= 15 is 0 Å². The molecule has 2 heterocycles. The normalized spacial score (nSPS) is 12.9. The molecule has 2 atom stereocenters. The van der Waals surface area contributed by atoms with Gasteiger partial charge in [-0.3, -0.25) is 9.59 Å². The van der Waals surface area contributed by atoms with Crippen LogP contribution in [-0.2, 0) is 4.79 Å². The quantitative estimate of drug-likeness (QED) is 0.283. The summed E-state index contributed by atoms with van der Waals surface area (Å²) in [6.45, 7) is 1.89. The molecular weight excluding hydrogens is 502 g/mol. The van der Waals surface area contributed by atoms with Crippen LogP contribution in [-0.4, -0.2) is 47.4 Å². The fraction of sp³-hybridized carbons (Fsp3) is 0.231. The standard InChI is InChI=1S/C26H24F2N4O2S2/c1-15(25(34)30-26-31-29-14-35-26)24(17-5-4-6-18(27)11-17)23-10-9-22(36-23)16-7-8-19(20(28)12-16)21(33)13-32(2)3/h4-12,14-15,24H,13H2,1-3H3,(H,30,31,34)/t15-,24-/m1/s1. The Kier molecular flexibility index (Phi) is 7.97. The Morgan fingerprint density at radius 3 is 2.56 bits per heavy atom. The van der Waals surface area contributed by atoms with Crippen molar-refractivity contribution in [2.24, 2.45) is 5.92 Å². The summed E-state index contributed by atoms with van der Waals surface area (Å²) in [6, 6.07) is 14.4. The summed E-state index contributed by atoms with van der Waals surface area (Å²) >= 11 is 2.60. The van der Waals surface area contributed by atoms with Crippen LogP contribution in [0.15, 0.2) is 60.1 Å². The number of likely N-dealkylation sites (N-methyl/N-ethyl adjacent to an activating group) is 1. The lowest BCUT2D eigenvalue weighted by atomic mass is 9.85. The van der Waals surface area contributed by atoms with Gasteiger partial charge in [0.15, 0.2) is 5.78 Å². The molecule has 0 saturated carbocycles. The smallest absolute Gasteiger partial charge is 0.230 e. The van der Waals surface area contributed by atoms with Crippen LogP contribution in [0.2, 0.25) is 0 Å². The van der Waals surface area contributed by atoms with Gasteiger partial charge in [0.05, 0.1) is 12.1 Å². The third kappa shape index (κ3) is 5.89. The highest BCUT2D eigenvalue weighted by molar-refractivity contribution is 7.15. The van der Waals surface area contributed by atoms with Crippen LogP contribution in [0.25, 0.3) is 10.4 Å². The highest BCUT2D eigenvalue weighted by Crippen LogP contribution is 2.40. The second kappa shape index (κ2) is 11.2. The van der Waals surface area contributed by atoms with Crippen molar-refractivity contribution in [3.8, 4) is 10.4 Å². The molecule has 6 nitrogen and oxygen atoms in total. The van der Waals surface area contributed by atoms with E-state index in [2.05, 4.69) is 15.5 Å². The number of rotatable bonds is 9. The molecule has 2 aromatic carbocycles. The van der Waals surface area contributed by atoms with Crippen LogP contribution in [0.3, 0.4) is 0 Å². The van der Waals surface area contributed by atoms with Gasteiger partial charge in [-0.1, -0.05) is 36.5 Å². The lowest BCUT2D eigenvalue weighted by Gasteiger charge is -2.22. The van der Waals surface area contributed by atoms with Crippen molar-refractivity contribution in [3.05, 3.63) is 87.7 Å². The molecule has 0 aliphatic carbocycles. The van der Waals surface area contributed by atoms with Crippen molar-refractivity contribution < 1.29 is 18.4 Å². The number of aromatic nitrogens is 2. The SMILES string of the molecule is C[C@@H](C(=O)Nc1nncs1)[C@H](c1cccc(F)c1)c1ccc(-c2ccc(C(=O)CN(C)C)c(F)c2)s1. The van der Waals surface area contributed by atoms with Crippen molar-refractivity contribution in [2.45, 2.75) is 12.8 Å². The maximum absolute atomic E-state index is 14.8. The summed E-state index contributed by atoms with van der Waals surface area (Å²) in [6.07, 6.45) is 0. The Balaban J connectivity index is 1.65. The number of benzene rings is 2. The predicted molar refractivity (Wildman–Crippen MR) is 139 cm³/mol. The molecule has 0 aliphatic rings. The van der Waals surface area contributed by atoms with Crippen LogP contribution < -0.4 is 5.32 Å². The average molecular weight is 527 g/mol. The summed E-state index contributed by atoms with van der Waals surface area (Å²) in [5, 5.41) is 10.7. The topological polar surface area (TPSA) is 75.2 Å². The van der Waals surface area contributed by atoms with Crippen molar-refractivity contribution in [1.29, 1.82) is 0 Å². The molecule has 1 amide bonds. The van der Waals surface area contributed by atoms with Gasteiger partial charge in [0.25, 0.3) is 0 Å². The molecule has 10 heteroatoms. The third-order valence-electron chi connectivity index (χ3n) is 5.66. The second-order valence-electron chi connectivity index (χ2n) is 8.61. The van der Waals surface area contributed by atoms with Crippen LogP contribution in [0.4, 0.5) is 13.9 Å². The number of hydrogen-bond donors (Lipinski definition) is 1. The predicted octanol–water partition coefficient (Wildman–Crippen LogP) is 5.70. The first-order valence-electron chi connectivity index (χ1n) is 11.1. The van der Waals surface area contributed by atoms with Gasteiger partial charge in [-0.05, 0) is 61.6 Å². The number of ketones is 1. The third-order valence-corrected chi connectivity index (χ3v) is 7.48. The molecule has 0 aliphatic heterocycles. The summed E-state index contributed by atoms with van der Waals surface area (Å²) < 4.78 is 28.9. The number of carbonyl (C=O) groups excluding carboxylic acids is 2. The Labute approximate surface area is 215 Å². The fourth-order valence-corrected chi connectivity index (χ4v) is 5.63. The molecule has 186 valence electrons. The molecule has 0 bridgehead atoms. The van der Waals surface area contributed by atoms with Gasteiger partial charge in [-0.15, -0.1) is 21.5 Å². The van der Waals surface area contributed by atoms with Crippen LogP contribution in [0, 0.1) is 17.6 Å². The number of anilines is 1. The minimum absolute atomic E-state index is 0.0452. The van der Waals surface area contributed by atoms with Crippen LogP contribution in [0.5, 0.6) is 0 Å². The highest BCUT2D eigenvalue weighted by Gasteiger charge is 2.29. The molecule has 0 spiro atoms. The monoisotopic (exact) mass is 526 g/mol. The lowest BCUT2D eigenvalue weighted by molar-refractivity contribution is -0.119. The maximum Gasteiger partial charge on any atom is 0.230 e. The van der Waals surface area contributed by atoms with Gasteiger partial charge >= 0.3 is 0 Å². The summed E-state index contributed by atoms with van der Waals surface area (Å²) in [4.78, 5) is 28.6. The van der Waals surface area contributed by atoms with Crippen LogP contribution in [0.1, 0.15) is 33.6 Å². The Bertz CT molecular complexity index is 1370. The number of nitrogens with one attached hydrogen (secondary N) is 1. The fourth-order valence-electron chi connectivity index (χ4n) is 3.94. The average Bonchev–Trinajstić information content (AvgIpc) is 3.51. The molecule has 1 N–H and O–H groups in total. The molecule has 0 saturated heterocycles. The number of thiophene rings is 1. The van der Waals surface area contributed by atoms with Gasteiger partial charge in [0.1, 0.15) is 17.1 Å². The number of hydrogen-bond acceptors (Lipinski definition) is 7. The summed E-state index contributed by atoms with van der Waals surface area (Å²) in [5.41, 5.74) is 2.84. The Morgan fingerprint density at radius 1 is 1.08 bits per heavy atom. The zero-order chi connectivity index (χ0) is 25.8. The van der Waals surface area contributed by atoms with E-state index in [0.717, 1.165) is 9.75 Å². The van der Waals surface area contributed by atoms with E-state index in [1.165, 1.54) is 52.4 Å². The largest absolute Gasteiger partial charge is 0.302 e. The van der Waals surface area contributed by atoms with E-state index in [0.29, 0.717) is 16.3 Å². The number of nitrogens with zero attached hydrogens (tertiary/aromatic N) is 3. The first-order valence-corrected chi connectivity index (χ1v) is 12.8. The highest BCUT2D eigenvalue weighted by atomic mass is 32.1. The van der Waals surface area contributed by atoms with Gasteiger partial charge in [-0.25, -0.2) is 8.78 Å². The molecular formula is C26H24F2N4O2S2. The molecule has 4 aromatic rings. The lowest BCUT2D eigenvalue weighted by Crippen LogP contribution is -2.26. The van der Waals surface area contributed by atoms with Gasteiger partial charge in [0.2, 0.25) is 11.0 Å². The van der Waals surface area contributed by atoms with Crippen molar-refractivity contribution in [2.75, 3.05) is 26.0 Å². The van der Waals surface area contributed by atoms with Crippen molar-refractivity contribution in [1.82, 2.24) is 15.1 Å². The van der Waals surface area contributed by atoms with Crippen molar-refractivity contribution in [3.63, 3.8) is 0 Å². The number of amides is 1. The molecule has 0 radical (unpaired) electrons. The number of carbonyl (C=O) groups is 2. The molecule has 0 fully saturated rings. The van der Waals surface area contributed by atoms with Gasteiger partial charge in [-0.2, -0.15) is 0 Å². The van der Waals surface area contributed by atoms with E-state index in [-0.39, 0.29) is 23.8 Å².